The molecule has 0 bridgehead atoms. The van der Waals surface area contributed by atoms with Crippen LogP contribution in [0.1, 0.15) is 16.7 Å². The van der Waals surface area contributed by atoms with Gasteiger partial charge in [-0.3, -0.25) is 0 Å². The van der Waals surface area contributed by atoms with E-state index in [1.54, 1.807) is 6.08 Å². The highest BCUT2D eigenvalue weighted by Gasteiger charge is 2.02. The predicted molar refractivity (Wildman–Crippen MR) is 78.0 cm³/mol. The zero-order valence-electron chi connectivity index (χ0n) is 11.1. The second-order valence-electron chi connectivity index (χ2n) is 4.62. The fraction of sp³-hybridized carbons (Fsp3) is 0.118. The normalized spacial score (nSPS) is 10.8. The van der Waals surface area contributed by atoms with Crippen LogP contribution in [-0.4, -0.2) is 11.1 Å². The summed E-state index contributed by atoms with van der Waals surface area (Å²) >= 11 is 0. The maximum absolute atomic E-state index is 10.5. The van der Waals surface area contributed by atoms with Gasteiger partial charge in [-0.05, 0) is 48.2 Å². The maximum atomic E-state index is 10.5. The Morgan fingerprint density at radius 1 is 1.11 bits per heavy atom. The lowest BCUT2D eigenvalue weighted by atomic mass is 9.97. The lowest BCUT2D eigenvalue weighted by molar-refractivity contribution is -0.131. The molecule has 0 aliphatic rings. The van der Waals surface area contributed by atoms with Gasteiger partial charge in [0.1, 0.15) is 0 Å². The number of rotatable bonds is 3. The molecule has 19 heavy (non-hydrogen) atoms. The van der Waals surface area contributed by atoms with Gasteiger partial charge >= 0.3 is 5.97 Å². The Morgan fingerprint density at radius 3 is 2.63 bits per heavy atom. The minimum Gasteiger partial charge on any atom is -0.478 e. The Labute approximate surface area is 113 Å². The van der Waals surface area contributed by atoms with Crippen LogP contribution in [0.2, 0.25) is 0 Å². The topological polar surface area (TPSA) is 37.3 Å². The fourth-order valence-corrected chi connectivity index (χ4v) is 2.02. The van der Waals surface area contributed by atoms with Gasteiger partial charge in [0.25, 0.3) is 0 Å². The Kier molecular flexibility index (Phi) is 3.81. The Bertz CT molecular complexity index is 639. The van der Waals surface area contributed by atoms with Gasteiger partial charge in [0.05, 0.1) is 0 Å². The van der Waals surface area contributed by atoms with Gasteiger partial charge in [-0.15, -0.1) is 0 Å². The Balaban J connectivity index is 2.43. The number of carboxylic acids is 1. The summed E-state index contributed by atoms with van der Waals surface area (Å²) in [4.78, 5) is 10.5. The van der Waals surface area contributed by atoms with E-state index in [-0.39, 0.29) is 0 Å². The number of hydrogen-bond acceptors (Lipinski definition) is 1. The first-order valence-corrected chi connectivity index (χ1v) is 6.15. The second-order valence-corrected chi connectivity index (χ2v) is 4.62. The van der Waals surface area contributed by atoms with Gasteiger partial charge < -0.3 is 5.11 Å². The molecular weight excluding hydrogens is 236 g/mol. The van der Waals surface area contributed by atoms with E-state index in [0.29, 0.717) is 0 Å². The van der Waals surface area contributed by atoms with Crippen molar-refractivity contribution in [3.63, 3.8) is 0 Å². The van der Waals surface area contributed by atoms with Gasteiger partial charge in [0.2, 0.25) is 0 Å². The van der Waals surface area contributed by atoms with E-state index in [4.69, 9.17) is 5.11 Å². The molecule has 2 nitrogen and oxygen atoms in total. The third kappa shape index (κ3) is 3.32. The molecule has 0 aliphatic carbocycles. The number of benzene rings is 2. The summed E-state index contributed by atoms with van der Waals surface area (Å²) in [5.41, 5.74) is 5.61. The molecule has 2 aromatic rings. The fourth-order valence-electron chi connectivity index (χ4n) is 2.02. The molecule has 0 radical (unpaired) electrons. The van der Waals surface area contributed by atoms with Crippen molar-refractivity contribution in [1.29, 1.82) is 0 Å². The molecule has 96 valence electrons. The molecule has 0 atom stereocenters. The summed E-state index contributed by atoms with van der Waals surface area (Å²) in [7, 11) is 0. The SMILES string of the molecule is Cc1ccc(C)c(-c2cccc(C=CC(=O)O)c2)c1. The minimum atomic E-state index is -0.933. The smallest absolute Gasteiger partial charge is 0.328 e. The van der Waals surface area contributed by atoms with Crippen molar-refractivity contribution in [3.05, 3.63) is 65.2 Å². The van der Waals surface area contributed by atoms with E-state index < -0.39 is 5.97 Å². The lowest BCUT2D eigenvalue weighted by Gasteiger charge is -2.08. The maximum Gasteiger partial charge on any atom is 0.328 e. The zero-order valence-corrected chi connectivity index (χ0v) is 11.1. The second kappa shape index (κ2) is 5.53. The average molecular weight is 252 g/mol. The van der Waals surface area contributed by atoms with Crippen molar-refractivity contribution in [2.24, 2.45) is 0 Å². The van der Waals surface area contributed by atoms with Crippen LogP contribution >= 0.6 is 0 Å². The van der Waals surface area contributed by atoms with E-state index in [1.165, 1.54) is 16.7 Å². The molecule has 0 aromatic heterocycles. The van der Waals surface area contributed by atoms with Crippen molar-refractivity contribution in [1.82, 2.24) is 0 Å². The van der Waals surface area contributed by atoms with Crippen LogP contribution in [-0.2, 0) is 4.79 Å². The van der Waals surface area contributed by atoms with E-state index in [2.05, 4.69) is 32.0 Å². The molecule has 1 N–H and O–H groups in total. The Morgan fingerprint density at radius 2 is 1.89 bits per heavy atom. The number of carbonyl (C=O) groups is 1. The number of hydrogen-bond donors (Lipinski definition) is 1. The van der Waals surface area contributed by atoms with Crippen molar-refractivity contribution in [2.45, 2.75) is 13.8 Å². The third-order valence-electron chi connectivity index (χ3n) is 3.01. The van der Waals surface area contributed by atoms with Crippen molar-refractivity contribution in [2.75, 3.05) is 0 Å². The third-order valence-corrected chi connectivity index (χ3v) is 3.01. The van der Waals surface area contributed by atoms with Crippen LogP contribution in [0.15, 0.2) is 48.5 Å². The zero-order chi connectivity index (χ0) is 13.8. The van der Waals surface area contributed by atoms with Crippen molar-refractivity contribution in [3.8, 4) is 11.1 Å². The summed E-state index contributed by atoms with van der Waals surface area (Å²) in [5, 5.41) is 8.65. The van der Waals surface area contributed by atoms with Crippen LogP contribution in [0.3, 0.4) is 0 Å². The summed E-state index contributed by atoms with van der Waals surface area (Å²) in [6, 6.07) is 14.2. The van der Waals surface area contributed by atoms with Gasteiger partial charge in [-0.25, -0.2) is 4.79 Å². The standard InChI is InChI=1S/C17H16O2/c1-12-6-7-13(2)16(10-12)15-5-3-4-14(11-15)8-9-17(18)19/h3-11H,1-2H3,(H,18,19). The summed E-state index contributed by atoms with van der Waals surface area (Å²) in [6.45, 7) is 4.14. The number of carboxylic acid groups (broad SMARTS) is 1. The molecule has 2 rings (SSSR count). The first-order chi connectivity index (χ1) is 9.06. The molecule has 2 heteroatoms. The van der Waals surface area contributed by atoms with E-state index in [9.17, 15) is 4.79 Å². The van der Waals surface area contributed by atoms with Gasteiger partial charge in [-0.2, -0.15) is 0 Å². The van der Waals surface area contributed by atoms with E-state index >= 15 is 0 Å². The molecule has 0 unspecified atom stereocenters. The summed E-state index contributed by atoms with van der Waals surface area (Å²) in [5.74, 6) is -0.933. The molecular formula is C17H16O2. The molecule has 0 amide bonds. The molecule has 2 aromatic carbocycles. The summed E-state index contributed by atoms with van der Waals surface area (Å²) < 4.78 is 0. The largest absolute Gasteiger partial charge is 0.478 e. The van der Waals surface area contributed by atoms with Crippen LogP contribution < -0.4 is 0 Å². The van der Waals surface area contributed by atoms with Crippen molar-refractivity contribution < 1.29 is 9.90 Å². The van der Waals surface area contributed by atoms with Crippen LogP contribution in [0, 0.1) is 13.8 Å². The van der Waals surface area contributed by atoms with Gasteiger partial charge in [-0.1, -0.05) is 42.0 Å². The number of aliphatic carboxylic acids is 1. The van der Waals surface area contributed by atoms with Crippen LogP contribution in [0.5, 0.6) is 0 Å². The molecule has 0 aliphatic heterocycles. The summed E-state index contributed by atoms with van der Waals surface area (Å²) in [6.07, 6.45) is 2.76. The highest BCUT2D eigenvalue weighted by Crippen LogP contribution is 2.25. The molecule has 0 heterocycles. The van der Waals surface area contributed by atoms with Crippen molar-refractivity contribution >= 4 is 12.0 Å². The van der Waals surface area contributed by atoms with E-state index in [1.807, 2.05) is 24.3 Å². The Hall–Kier alpha value is -2.35. The van der Waals surface area contributed by atoms with E-state index in [0.717, 1.165) is 17.2 Å². The molecule has 0 saturated carbocycles. The van der Waals surface area contributed by atoms with Crippen LogP contribution in [0.4, 0.5) is 0 Å². The highest BCUT2D eigenvalue weighted by molar-refractivity contribution is 5.85. The molecule has 0 saturated heterocycles. The lowest BCUT2D eigenvalue weighted by Crippen LogP contribution is -1.87. The average Bonchev–Trinajstić information content (AvgIpc) is 2.39. The quantitative estimate of drug-likeness (QED) is 0.836. The first-order valence-electron chi connectivity index (χ1n) is 6.15. The monoisotopic (exact) mass is 252 g/mol. The molecule has 0 fully saturated rings. The first kappa shape index (κ1) is 13.1. The highest BCUT2D eigenvalue weighted by atomic mass is 16.4. The van der Waals surface area contributed by atoms with Gasteiger partial charge in [0, 0.05) is 6.08 Å². The molecule has 0 spiro atoms. The van der Waals surface area contributed by atoms with Crippen LogP contribution in [0.25, 0.3) is 17.2 Å². The predicted octanol–water partition coefficient (Wildman–Crippen LogP) is 4.07. The minimum absolute atomic E-state index is 0.890. The number of aryl methyl sites for hydroxylation is 2. The van der Waals surface area contributed by atoms with Gasteiger partial charge in [0.15, 0.2) is 0 Å².